The highest BCUT2D eigenvalue weighted by Gasteiger charge is 2.21. The Bertz CT molecular complexity index is 1220. The molecule has 1 fully saturated rings. The monoisotopic (exact) mass is 446 g/mol. The molecule has 1 saturated heterocycles. The summed E-state index contributed by atoms with van der Waals surface area (Å²) in [5.74, 6) is -0.708. The van der Waals surface area contributed by atoms with Crippen molar-refractivity contribution >= 4 is 17.4 Å². The molecule has 172 valence electrons. The Hall–Kier alpha value is -3.52. The Labute approximate surface area is 193 Å². The third kappa shape index (κ3) is 4.80. The number of aromatic nitrogens is 3. The van der Waals surface area contributed by atoms with E-state index in [9.17, 15) is 9.59 Å². The molecule has 0 spiro atoms. The highest BCUT2D eigenvalue weighted by Crippen LogP contribution is 2.24. The van der Waals surface area contributed by atoms with Crippen molar-refractivity contribution in [2.45, 2.75) is 52.5 Å². The van der Waals surface area contributed by atoms with Crippen molar-refractivity contribution in [3.8, 4) is 5.69 Å². The molecule has 0 aliphatic carbocycles. The van der Waals surface area contributed by atoms with Gasteiger partial charge in [0, 0.05) is 12.2 Å². The number of amides is 1. The summed E-state index contributed by atoms with van der Waals surface area (Å²) in [6.07, 6.45) is 9.29. The van der Waals surface area contributed by atoms with Gasteiger partial charge < -0.3 is 16.4 Å². The normalized spacial score (nSPS) is 16.3. The lowest BCUT2D eigenvalue weighted by atomic mass is 10.0. The maximum absolute atomic E-state index is 13.3. The fourth-order valence-corrected chi connectivity index (χ4v) is 4.62. The first-order chi connectivity index (χ1) is 15.8. The number of aryl methyl sites for hydroxylation is 3. The van der Waals surface area contributed by atoms with E-state index in [2.05, 4.69) is 20.6 Å². The second-order valence-electron chi connectivity index (χ2n) is 8.74. The van der Waals surface area contributed by atoms with E-state index in [-0.39, 0.29) is 17.4 Å². The van der Waals surface area contributed by atoms with Gasteiger partial charge in [-0.2, -0.15) is 0 Å². The molecule has 0 radical (unpaired) electrons. The SMILES string of the molecule is Cc1cc(C)c(-n2cnc(N)c(C(=O)Nc3cncc([C@H]4CCCCCN4)c3)c2=O)c(C)c1. The number of nitrogen functional groups attached to an aromatic ring is 1. The standard InChI is InChI=1S/C25H30N6O2/c1-15-9-16(2)22(17(3)10-15)31-14-29-23(26)21(25(31)33)24(32)30-19-11-18(12-27-13-19)20-7-5-4-6-8-28-20/h9-14,20,28H,4-8,26H2,1-3H3,(H,30,32)/t20-/m1/s1. The molecule has 33 heavy (non-hydrogen) atoms. The van der Waals surface area contributed by atoms with E-state index >= 15 is 0 Å². The quantitative estimate of drug-likeness (QED) is 0.564. The van der Waals surface area contributed by atoms with E-state index in [1.165, 1.54) is 17.3 Å². The van der Waals surface area contributed by atoms with Crippen LogP contribution in [-0.4, -0.2) is 27.0 Å². The van der Waals surface area contributed by atoms with Crippen molar-refractivity contribution in [2.24, 2.45) is 0 Å². The molecule has 0 saturated carbocycles. The molecule has 8 heteroatoms. The van der Waals surface area contributed by atoms with E-state index in [1.54, 1.807) is 6.20 Å². The first-order valence-electron chi connectivity index (χ1n) is 11.3. The second-order valence-corrected chi connectivity index (χ2v) is 8.74. The molecule has 0 unspecified atom stereocenters. The number of nitrogens with one attached hydrogen (secondary N) is 2. The topological polar surface area (TPSA) is 115 Å². The first kappa shape index (κ1) is 22.7. The van der Waals surface area contributed by atoms with Gasteiger partial charge in [-0.1, -0.05) is 30.5 Å². The molecule has 4 N–H and O–H groups in total. The molecule has 1 aliphatic rings. The Morgan fingerprint density at radius 3 is 2.64 bits per heavy atom. The summed E-state index contributed by atoms with van der Waals surface area (Å²) < 4.78 is 1.39. The summed E-state index contributed by atoms with van der Waals surface area (Å²) in [6.45, 7) is 6.82. The van der Waals surface area contributed by atoms with Crippen LogP contribution in [-0.2, 0) is 0 Å². The lowest BCUT2D eigenvalue weighted by molar-refractivity contribution is 0.102. The fourth-order valence-electron chi connectivity index (χ4n) is 4.62. The van der Waals surface area contributed by atoms with E-state index in [1.807, 2.05) is 45.2 Å². The molecule has 1 aromatic carbocycles. The van der Waals surface area contributed by atoms with Crippen LogP contribution >= 0.6 is 0 Å². The van der Waals surface area contributed by atoms with Gasteiger partial charge in [-0.25, -0.2) is 4.98 Å². The van der Waals surface area contributed by atoms with Crippen molar-refractivity contribution in [1.82, 2.24) is 19.9 Å². The highest BCUT2D eigenvalue weighted by atomic mass is 16.2. The minimum Gasteiger partial charge on any atom is -0.383 e. The van der Waals surface area contributed by atoms with Crippen LogP contribution in [0.2, 0.25) is 0 Å². The van der Waals surface area contributed by atoms with Crippen molar-refractivity contribution in [2.75, 3.05) is 17.6 Å². The predicted molar refractivity (Wildman–Crippen MR) is 130 cm³/mol. The molecule has 3 aromatic rings. The van der Waals surface area contributed by atoms with Gasteiger partial charge in [-0.15, -0.1) is 0 Å². The Balaban J connectivity index is 1.65. The number of carbonyl (C=O) groups excluding carboxylic acids is 1. The Morgan fingerprint density at radius 1 is 1.12 bits per heavy atom. The van der Waals surface area contributed by atoms with Gasteiger partial charge in [0.2, 0.25) is 0 Å². The van der Waals surface area contributed by atoms with Crippen molar-refractivity contribution in [1.29, 1.82) is 0 Å². The predicted octanol–water partition coefficient (Wildman–Crippen LogP) is 3.59. The number of benzene rings is 1. The van der Waals surface area contributed by atoms with Crippen LogP contribution in [0, 0.1) is 20.8 Å². The third-order valence-electron chi connectivity index (χ3n) is 6.08. The van der Waals surface area contributed by atoms with Gasteiger partial charge in [-0.3, -0.25) is 19.1 Å². The fraction of sp³-hybridized carbons (Fsp3) is 0.360. The summed E-state index contributed by atoms with van der Waals surface area (Å²) >= 11 is 0. The lowest BCUT2D eigenvalue weighted by Gasteiger charge is -2.17. The minimum atomic E-state index is -0.602. The number of rotatable bonds is 4. The summed E-state index contributed by atoms with van der Waals surface area (Å²) in [5, 5.41) is 6.32. The van der Waals surface area contributed by atoms with Crippen LogP contribution < -0.4 is 21.9 Å². The van der Waals surface area contributed by atoms with Gasteiger partial charge in [0.1, 0.15) is 17.7 Å². The maximum Gasteiger partial charge on any atom is 0.272 e. The molecule has 2 aromatic heterocycles. The van der Waals surface area contributed by atoms with E-state index in [4.69, 9.17) is 5.73 Å². The van der Waals surface area contributed by atoms with Gasteiger partial charge in [0.05, 0.1) is 17.6 Å². The van der Waals surface area contributed by atoms with Gasteiger partial charge >= 0.3 is 0 Å². The number of hydrogen-bond acceptors (Lipinski definition) is 6. The number of pyridine rings is 1. The van der Waals surface area contributed by atoms with Gasteiger partial charge in [0.15, 0.2) is 0 Å². The molecule has 8 nitrogen and oxygen atoms in total. The number of nitrogens with two attached hydrogens (primary N) is 1. The van der Waals surface area contributed by atoms with Crippen LogP contribution in [0.3, 0.4) is 0 Å². The molecule has 3 heterocycles. The van der Waals surface area contributed by atoms with Crippen LogP contribution in [0.15, 0.2) is 41.7 Å². The number of carbonyl (C=O) groups is 1. The van der Waals surface area contributed by atoms with Crippen LogP contribution in [0.25, 0.3) is 5.69 Å². The number of hydrogen-bond donors (Lipinski definition) is 3. The first-order valence-corrected chi connectivity index (χ1v) is 11.3. The van der Waals surface area contributed by atoms with Crippen molar-refractivity contribution in [3.63, 3.8) is 0 Å². The molecular formula is C25H30N6O2. The van der Waals surface area contributed by atoms with Crippen molar-refractivity contribution < 1.29 is 4.79 Å². The molecule has 0 bridgehead atoms. The smallest absolute Gasteiger partial charge is 0.272 e. The van der Waals surface area contributed by atoms with Crippen molar-refractivity contribution in [3.05, 3.63) is 75.1 Å². The van der Waals surface area contributed by atoms with Gasteiger partial charge in [0.25, 0.3) is 11.5 Å². The maximum atomic E-state index is 13.3. The zero-order chi connectivity index (χ0) is 23.5. The molecule has 1 aliphatic heterocycles. The number of nitrogens with zero attached hydrogens (tertiary/aromatic N) is 3. The summed E-state index contributed by atoms with van der Waals surface area (Å²) in [6, 6.07) is 6.07. The second kappa shape index (κ2) is 9.54. The average Bonchev–Trinajstić information content (AvgIpc) is 3.04. The Morgan fingerprint density at radius 2 is 1.88 bits per heavy atom. The molecule has 1 amide bonds. The molecule has 1 atom stereocenters. The van der Waals surface area contributed by atoms with E-state index in [0.29, 0.717) is 11.4 Å². The zero-order valence-electron chi connectivity index (χ0n) is 19.3. The Kier molecular flexibility index (Phi) is 6.55. The molecular weight excluding hydrogens is 416 g/mol. The zero-order valence-corrected chi connectivity index (χ0v) is 19.3. The minimum absolute atomic E-state index is 0.106. The third-order valence-corrected chi connectivity index (χ3v) is 6.08. The summed E-state index contributed by atoms with van der Waals surface area (Å²) in [4.78, 5) is 34.9. The van der Waals surface area contributed by atoms with Crippen LogP contribution in [0.1, 0.15) is 64.3 Å². The number of anilines is 2. The largest absolute Gasteiger partial charge is 0.383 e. The van der Waals surface area contributed by atoms with Crippen LogP contribution in [0.5, 0.6) is 0 Å². The van der Waals surface area contributed by atoms with E-state index < -0.39 is 11.5 Å². The average molecular weight is 447 g/mol. The summed E-state index contributed by atoms with van der Waals surface area (Å²) in [5.41, 5.74) is 10.4. The molecule has 4 rings (SSSR count). The van der Waals surface area contributed by atoms with E-state index in [0.717, 1.165) is 48.1 Å². The summed E-state index contributed by atoms with van der Waals surface area (Å²) in [7, 11) is 0. The van der Waals surface area contributed by atoms with Gasteiger partial charge in [-0.05, 0) is 62.9 Å². The lowest BCUT2D eigenvalue weighted by Crippen LogP contribution is -2.31. The highest BCUT2D eigenvalue weighted by molar-refractivity contribution is 6.06. The van der Waals surface area contributed by atoms with Crippen LogP contribution in [0.4, 0.5) is 11.5 Å².